The highest BCUT2D eigenvalue weighted by Crippen LogP contribution is 2.31. The van der Waals surface area contributed by atoms with Crippen LogP contribution in [0.25, 0.3) is 0 Å². The highest BCUT2D eigenvalue weighted by atomic mass is 79.9. The molecule has 0 heterocycles. The van der Waals surface area contributed by atoms with Gasteiger partial charge in [-0.2, -0.15) is 0 Å². The van der Waals surface area contributed by atoms with Gasteiger partial charge in [0.15, 0.2) is 5.78 Å². The van der Waals surface area contributed by atoms with Crippen LogP contribution in [0.3, 0.4) is 0 Å². The third-order valence-corrected chi connectivity index (χ3v) is 2.57. The van der Waals surface area contributed by atoms with Crippen LogP contribution >= 0.6 is 27.5 Å². The minimum Gasteiger partial charge on any atom is -0.495 e. The molecule has 0 aliphatic rings. The average molecular weight is 264 g/mol. The van der Waals surface area contributed by atoms with Crippen molar-refractivity contribution in [2.75, 3.05) is 7.11 Å². The van der Waals surface area contributed by atoms with Crippen LogP contribution in [0.1, 0.15) is 17.3 Å². The SMILES string of the molecule is COc1cc(C(C)=O)c(Br)cc1Cl. The second kappa shape index (κ2) is 4.11. The summed E-state index contributed by atoms with van der Waals surface area (Å²) >= 11 is 9.09. The number of ketones is 1. The van der Waals surface area contributed by atoms with Crippen LogP contribution < -0.4 is 4.74 Å². The highest BCUT2D eigenvalue weighted by molar-refractivity contribution is 9.10. The lowest BCUT2D eigenvalue weighted by atomic mass is 10.1. The van der Waals surface area contributed by atoms with Crippen molar-refractivity contribution in [3.63, 3.8) is 0 Å². The third-order valence-electron chi connectivity index (χ3n) is 1.62. The van der Waals surface area contributed by atoms with Crippen LogP contribution in [0.15, 0.2) is 16.6 Å². The Kier molecular flexibility index (Phi) is 3.33. The molecule has 1 rings (SSSR count). The van der Waals surface area contributed by atoms with E-state index in [1.165, 1.54) is 14.0 Å². The molecule has 0 saturated carbocycles. The Bertz CT molecular complexity index is 350. The fourth-order valence-electron chi connectivity index (χ4n) is 0.955. The Balaban J connectivity index is 3.30. The standard InChI is InChI=1S/C9H8BrClO2/c1-5(12)6-3-9(13-2)8(11)4-7(6)10/h3-4H,1-2H3. The average Bonchev–Trinajstić information content (AvgIpc) is 2.03. The molecule has 1 aromatic rings. The smallest absolute Gasteiger partial charge is 0.161 e. The van der Waals surface area contributed by atoms with Crippen molar-refractivity contribution in [3.05, 3.63) is 27.2 Å². The van der Waals surface area contributed by atoms with Crippen LogP contribution in [0.4, 0.5) is 0 Å². The summed E-state index contributed by atoms with van der Waals surface area (Å²) in [7, 11) is 1.51. The normalized spacial score (nSPS) is 9.85. The van der Waals surface area contributed by atoms with Gasteiger partial charge in [0.1, 0.15) is 5.75 Å². The summed E-state index contributed by atoms with van der Waals surface area (Å²) in [6, 6.07) is 3.27. The van der Waals surface area contributed by atoms with E-state index >= 15 is 0 Å². The maximum Gasteiger partial charge on any atom is 0.161 e. The molecule has 0 bridgehead atoms. The van der Waals surface area contributed by atoms with Crippen LogP contribution in [-0.2, 0) is 0 Å². The van der Waals surface area contributed by atoms with Gasteiger partial charge in [-0.1, -0.05) is 11.6 Å². The van der Waals surface area contributed by atoms with Crippen molar-refractivity contribution >= 4 is 33.3 Å². The van der Waals surface area contributed by atoms with E-state index in [1.54, 1.807) is 12.1 Å². The van der Waals surface area contributed by atoms with Crippen molar-refractivity contribution in [2.24, 2.45) is 0 Å². The lowest BCUT2D eigenvalue weighted by Crippen LogP contribution is -1.95. The Morgan fingerprint density at radius 2 is 2.15 bits per heavy atom. The highest BCUT2D eigenvalue weighted by Gasteiger charge is 2.10. The van der Waals surface area contributed by atoms with Crippen LogP contribution in [0.5, 0.6) is 5.75 Å². The molecule has 1 aromatic carbocycles. The number of ether oxygens (including phenoxy) is 1. The molecule has 0 spiro atoms. The number of rotatable bonds is 2. The van der Waals surface area contributed by atoms with Gasteiger partial charge in [0.25, 0.3) is 0 Å². The maximum absolute atomic E-state index is 11.1. The number of carbonyl (C=O) groups excluding carboxylic acids is 1. The van der Waals surface area contributed by atoms with Crippen molar-refractivity contribution in [3.8, 4) is 5.75 Å². The zero-order valence-electron chi connectivity index (χ0n) is 7.23. The summed E-state index contributed by atoms with van der Waals surface area (Å²) in [4.78, 5) is 11.1. The first kappa shape index (κ1) is 10.5. The number of hydrogen-bond acceptors (Lipinski definition) is 2. The minimum absolute atomic E-state index is 0.0261. The molecule has 0 aliphatic carbocycles. The van der Waals surface area contributed by atoms with Crippen molar-refractivity contribution < 1.29 is 9.53 Å². The zero-order valence-corrected chi connectivity index (χ0v) is 9.57. The van der Waals surface area contributed by atoms with Crippen LogP contribution in [0, 0.1) is 0 Å². The van der Waals surface area contributed by atoms with Gasteiger partial charge in [0.2, 0.25) is 0 Å². The molecule has 0 N–H and O–H groups in total. The molecule has 0 saturated heterocycles. The summed E-state index contributed by atoms with van der Waals surface area (Å²) < 4.78 is 5.67. The van der Waals surface area contributed by atoms with Crippen molar-refractivity contribution in [2.45, 2.75) is 6.92 Å². The fourth-order valence-corrected chi connectivity index (χ4v) is 1.95. The summed E-state index contributed by atoms with van der Waals surface area (Å²) in [5.74, 6) is 0.483. The predicted octanol–water partition coefficient (Wildman–Crippen LogP) is 3.31. The molecular weight excluding hydrogens is 255 g/mol. The van der Waals surface area contributed by atoms with E-state index in [9.17, 15) is 4.79 Å². The number of halogens is 2. The molecule has 4 heteroatoms. The molecule has 0 unspecified atom stereocenters. The summed E-state index contributed by atoms with van der Waals surface area (Å²) in [5.41, 5.74) is 0.571. The minimum atomic E-state index is -0.0261. The number of methoxy groups -OCH3 is 1. The monoisotopic (exact) mass is 262 g/mol. The van der Waals surface area contributed by atoms with E-state index in [0.29, 0.717) is 20.8 Å². The Hall–Kier alpha value is -0.540. The largest absolute Gasteiger partial charge is 0.495 e. The van der Waals surface area contributed by atoms with E-state index in [1.807, 2.05) is 0 Å². The van der Waals surface area contributed by atoms with Gasteiger partial charge in [0, 0.05) is 10.0 Å². The summed E-state index contributed by atoms with van der Waals surface area (Å²) in [5, 5.41) is 0.486. The van der Waals surface area contributed by atoms with Gasteiger partial charge in [0.05, 0.1) is 12.1 Å². The van der Waals surface area contributed by atoms with Crippen LogP contribution in [-0.4, -0.2) is 12.9 Å². The van der Waals surface area contributed by atoms with Gasteiger partial charge < -0.3 is 4.74 Å². The topological polar surface area (TPSA) is 26.3 Å². The van der Waals surface area contributed by atoms with E-state index in [2.05, 4.69) is 15.9 Å². The molecular formula is C9H8BrClO2. The molecule has 13 heavy (non-hydrogen) atoms. The Labute approximate surface area is 90.0 Å². The second-order valence-corrected chi connectivity index (χ2v) is 3.78. The second-order valence-electron chi connectivity index (χ2n) is 2.52. The van der Waals surface area contributed by atoms with Gasteiger partial charge in [-0.3, -0.25) is 4.79 Å². The summed E-state index contributed by atoms with van der Waals surface area (Å²) in [6.45, 7) is 1.49. The molecule has 0 fully saturated rings. The molecule has 0 atom stereocenters. The molecule has 0 aliphatic heterocycles. The zero-order chi connectivity index (χ0) is 10.0. The summed E-state index contributed by atoms with van der Waals surface area (Å²) in [6.07, 6.45) is 0. The van der Waals surface area contributed by atoms with E-state index in [4.69, 9.17) is 16.3 Å². The lowest BCUT2D eigenvalue weighted by Gasteiger charge is -2.06. The number of Topliss-reactive ketones (excluding diaryl/α,β-unsaturated/α-hetero) is 1. The maximum atomic E-state index is 11.1. The third kappa shape index (κ3) is 2.23. The quantitative estimate of drug-likeness (QED) is 0.765. The van der Waals surface area contributed by atoms with Crippen LogP contribution in [0.2, 0.25) is 5.02 Å². The first-order valence-electron chi connectivity index (χ1n) is 3.60. The van der Waals surface area contributed by atoms with Crippen molar-refractivity contribution in [1.29, 1.82) is 0 Å². The predicted molar refractivity (Wildman–Crippen MR) is 55.7 cm³/mol. The number of benzene rings is 1. The molecule has 0 amide bonds. The molecule has 2 nitrogen and oxygen atoms in total. The van der Waals surface area contributed by atoms with E-state index in [-0.39, 0.29) is 5.78 Å². The van der Waals surface area contributed by atoms with E-state index < -0.39 is 0 Å². The first-order chi connectivity index (χ1) is 6.06. The van der Waals surface area contributed by atoms with Gasteiger partial charge in [-0.25, -0.2) is 0 Å². The van der Waals surface area contributed by atoms with Gasteiger partial charge in [-0.15, -0.1) is 0 Å². The first-order valence-corrected chi connectivity index (χ1v) is 4.77. The van der Waals surface area contributed by atoms with Gasteiger partial charge >= 0.3 is 0 Å². The number of carbonyl (C=O) groups is 1. The number of hydrogen-bond donors (Lipinski definition) is 0. The fraction of sp³-hybridized carbons (Fsp3) is 0.222. The lowest BCUT2D eigenvalue weighted by molar-refractivity contribution is 0.101. The Morgan fingerprint density at radius 1 is 1.54 bits per heavy atom. The van der Waals surface area contributed by atoms with E-state index in [0.717, 1.165) is 0 Å². The molecule has 0 radical (unpaired) electrons. The van der Waals surface area contributed by atoms with Gasteiger partial charge in [-0.05, 0) is 35.0 Å². The molecule has 0 aromatic heterocycles. The van der Waals surface area contributed by atoms with Crippen molar-refractivity contribution in [1.82, 2.24) is 0 Å². The Morgan fingerprint density at radius 3 is 2.62 bits per heavy atom. The molecule has 70 valence electrons.